The first-order valence-corrected chi connectivity index (χ1v) is 11.2. The Labute approximate surface area is 176 Å². The van der Waals surface area contributed by atoms with Gasteiger partial charge in [-0.05, 0) is 47.9 Å². The predicted molar refractivity (Wildman–Crippen MR) is 110 cm³/mol. The van der Waals surface area contributed by atoms with Gasteiger partial charge in [-0.25, -0.2) is 17.8 Å². The number of nitrogens with one attached hydrogen (secondary N) is 1. The fraction of sp³-hybridized carbons (Fsp3) is 0.222. The van der Waals surface area contributed by atoms with Crippen molar-refractivity contribution < 1.29 is 17.5 Å². The van der Waals surface area contributed by atoms with Gasteiger partial charge in [-0.1, -0.05) is 11.6 Å². The number of fused-ring (bicyclic) bond motifs is 1. The van der Waals surface area contributed by atoms with Crippen molar-refractivity contribution in [2.24, 2.45) is 0 Å². The van der Waals surface area contributed by atoms with E-state index in [1.165, 1.54) is 12.4 Å². The molecule has 1 aliphatic heterocycles. The Morgan fingerprint density at radius 1 is 1.34 bits per heavy atom. The molecule has 7 nitrogen and oxygen atoms in total. The molecule has 0 unspecified atom stereocenters. The standard InChI is InChI=1S/C18H16ClFN4O3S2/c1-27-13-2-3-16-11(6-13)4-5-24(16)9-12-7-15(20)17(8-14(12)19)29(25,26)23-18-21-10-22-28-18/h2-3,6-8,10H,4-5,9H2,1H3,(H,21,22,23). The molecule has 0 radical (unpaired) electrons. The Hall–Kier alpha value is -2.43. The third kappa shape index (κ3) is 4.00. The smallest absolute Gasteiger partial charge is 0.266 e. The summed E-state index contributed by atoms with van der Waals surface area (Å²) in [5.74, 6) is -0.0947. The highest BCUT2D eigenvalue weighted by molar-refractivity contribution is 7.93. The third-order valence-corrected chi connectivity index (χ3v) is 7.03. The zero-order valence-electron chi connectivity index (χ0n) is 15.2. The van der Waals surface area contributed by atoms with Gasteiger partial charge in [0, 0.05) is 35.3 Å². The molecule has 2 heterocycles. The van der Waals surface area contributed by atoms with E-state index in [4.69, 9.17) is 16.3 Å². The minimum Gasteiger partial charge on any atom is -0.497 e. The molecule has 0 amide bonds. The van der Waals surface area contributed by atoms with Crippen molar-refractivity contribution in [2.75, 3.05) is 23.3 Å². The lowest BCUT2D eigenvalue weighted by Crippen LogP contribution is -2.20. The van der Waals surface area contributed by atoms with Crippen LogP contribution in [0.25, 0.3) is 0 Å². The number of sulfonamides is 1. The summed E-state index contributed by atoms with van der Waals surface area (Å²) in [6, 6.07) is 8.09. The van der Waals surface area contributed by atoms with Crippen LogP contribution in [0.5, 0.6) is 5.75 Å². The van der Waals surface area contributed by atoms with Crippen molar-refractivity contribution in [2.45, 2.75) is 17.9 Å². The maximum atomic E-state index is 14.7. The zero-order chi connectivity index (χ0) is 20.6. The zero-order valence-corrected chi connectivity index (χ0v) is 17.6. The van der Waals surface area contributed by atoms with Gasteiger partial charge < -0.3 is 9.64 Å². The number of aromatic nitrogens is 2. The minimum atomic E-state index is -4.17. The van der Waals surface area contributed by atoms with Crippen molar-refractivity contribution in [1.29, 1.82) is 0 Å². The van der Waals surface area contributed by atoms with Gasteiger partial charge in [0.1, 0.15) is 22.8 Å². The third-order valence-electron chi connectivity index (χ3n) is 4.61. The summed E-state index contributed by atoms with van der Waals surface area (Å²) in [4.78, 5) is 5.28. The maximum absolute atomic E-state index is 14.7. The molecule has 152 valence electrons. The molecule has 4 rings (SSSR count). The quantitative estimate of drug-likeness (QED) is 0.611. The molecule has 2 aromatic carbocycles. The van der Waals surface area contributed by atoms with Crippen LogP contribution in [-0.4, -0.2) is 31.4 Å². The van der Waals surface area contributed by atoms with Crippen LogP contribution in [0.15, 0.2) is 41.6 Å². The van der Waals surface area contributed by atoms with E-state index >= 15 is 0 Å². The minimum absolute atomic E-state index is 0.0497. The number of hydrogen-bond acceptors (Lipinski definition) is 7. The van der Waals surface area contributed by atoms with Crippen molar-refractivity contribution in [3.05, 3.63) is 58.6 Å². The van der Waals surface area contributed by atoms with E-state index in [1.54, 1.807) is 7.11 Å². The van der Waals surface area contributed by atoms with Crippen molar-refractivity contribution in [3.8, 4) is 5.75 Å². The molecule has 0 saturated carbocycles. The van der Waals surface area contributed by atoms with Crippen molar-refractivity contribution >= 4 is 44.0 Å². The molecule has 0 fully saturated rings. The van der Waals surface area contributed by atoms with E-state index in [2.05, 4.69) is 19.0 Å². The van der Waals surface area contributed by atoms with Crippen molar-refractivity contribution in [1.82, 2.24) is 9.36 Å². The number of hydrogen-bond donors (Lipinski definition) is 1. The van der Waals surface area contributed by atoms with E-state index in [0.29, 0.717) is 12.1 Å². The summed E-state index contributed by atoms with van der Waals surface area (Å²) >= 11 is 7.16. The average Bonchev–Trinajstić information content (AvgIpc) is 3.33. The van der Waals surface area contributed by atoms with Crippen LogP contribution in [0.1, 0.15) is 11.1 Å². The molecular formula is C18H16ClFN4O3S2. The monoisotopic (exact) mass is 454 g/mol. The highest BCUT2D eigenvalue weighted by Crippen LogP contribution is 2.34. The summed E-state index contributed by atoms with van der Waals surface area (Å²) in [7, 11) is -2.55. The summed E-state index contributed by atoms with van der Waals surface area (Å²) in [6.45, 7) is 1.11. The molecule has 0 aliphatic carbocycles. The molecule has 0 bridgehead atoms. The fourth-order valence-electron chi connectivity index (χ4n) is 3.23. The second-order valence-corrected chi connectivity index (χ2v) is 9.23. The predicted octanol–water partition coefficient (Wildman–Crippen LogP) is 3.70. The first kappa shape index (κ1) is 19.9. The van der Waals surface area contributed by atoms with Gasteiger partial charge in [0.2, 0.25) is 5.13 Å². The first-order chi connectivity index (χ1) is 13.9. The van der Waals surface area contributed by atoms with Gasteiger partial charge in [0.05, 0.1) is 7.11 Å². The number of ether oxygens (including phenoxy) is 1. The number of methoxy groups -OCH3 is 1. The second kappa shape index (κ2) is 7.77. The summed E-state index contributed by atoms with van der Waals surface area (Å²) in [5, 5.41) is 0.222. The molecule has 11 heteroatoms. The Morgan fingerprint density at radius 3 is 2.90 bits per heavy atom. The van der Waals surface area contributed by atoms with E-state index in [9.17, 15) is 12.8 Å². The van der Waals surface area contributed by atoms with Gasteiger partial charge in [0.25, 0.3) is 10.0 Å². The molecule has 29 heavy (non-hydrogen) atoms. The molecule has 3 aromatic rings. The van der Waals surface area contributed by atoms with Crippen LogP contribution in [-0.2, 0) is 23.0 Å². The van der Waals surface area contributed by atoms with E-state index in [1.807, 2.05) is 18.2 Å². The van der Waals surface area contributed by atoms with Gasteiger partial charge in [-0.15, -0.1) is 0 Å². The normalized spacial score (nSPS) is 13.4. The van der Waals surface area contributed by atoms with Gasteiger partial charge in [-0.3, -0.25) is 4.72 Å². The lowest BCUT2D eigenvalue weighted by Gasteiger charge is -2.21. The Balaban J connectivity index is 1.59. The molecule has 0 atom stereocenters. The largest absolute Gasteiger partial charge is 0.497 e. The summed E-state index contributed by atoms with van der Waals surface area (Å²) in [6.07, 6.45) is 2.04. The van der Waals surface area contributed by atoms with E-state index < -0.39 is 20.7 Å². The molecule has 0 saturated heterocycles. The Bertz CT molecular complexity index is 1160. The Kier molecular flexibility index (Phi) is 5.32. The van der Waals surface area contributed by atoms with Crippen LogP contribution in [0.3, 0.4) is 0 Å². The molecular weight excluding hydrogens is 439 g/mol. The Morgan fingerprint density at radius 2 is 2.17 bits per heavy atom. The molecule has 1 aliphatic rings. The maximum Gasteiger partial charge on any atom is 0.266 e. The number of nitrogens with zero attached hydrogens (tertiary/aromatic N) is 3. The molecule has 1 aromatic heterocycles. The van der Waals surface area contributed by atoms with Crippen LogP contribution in [0, 0.1) is 5.82 Å². The second-order valence-electron chi connectivity index (χ2n) is 6.39. The topological polar surface area (TPSA) is 84.4 Å². The summed E-state index contributed by atoms with van der Waals surface area (Å²) in [5.41, 5.74) is 2.67. The first-order valence-electron chi connectivity index (χ1n) is 8.56. The van der Waals surface area contributed by atoms with Gasteiger partial charge >= 0.3 is 0 Å². The highest BCUT2D eigenvalue weighted by atomic mass is 35.5. The number of halogens is 2. The van der Waals surface area contributed by atoms with Crippen LogP contribution >= 0.6 is 23.1 Å². The SMILES string of the molecule is COc1ccc2c(c1)CCN2Cc1cc(F)c(S(=O)(=O)Nc2ncns2)cc1Cl. The lowest BCUT2D eigenvalue weighted by molar-refractivity contribution is 0.414. The lowest BCUT2D eigenvalue weighted by atomic mass is 10.1. The van der Waals surface area contributed by atoms with Gasteiger partial charge in [0.15, 0.2) is 0 Å². The molecule has 0 spiro atoms. The molecule has 1 N–H and O–H groups in total. The van der Waals surface area contributed by atoms with Crippen LogP contribution in [0.4, 0.5) is 15.2 Å². The van der Waals surface area contributed by atoms with Gasteiger partial charge in [-0.2, -0.15) is 4.37 Å². The van der Waals surface area contributed by atoms with E-state index in [0.717, 1.165) is 47.6 Å². The fourth-order valence-corrected chi connectivity index (χ4v) is 5.26. The number of rotatable bonds is 6. The van der Waals surface area contributed by atoms with Crippen LogP contribution < -0.4 is 14.4 Å². The highest BCUT2D eigenvalue weighted by Gasteiger charge is 2.25. The van der Waals surface area contributed by atoms with Crippen molar-refractivity contribution in [3.63, 3.8) is 0 Å². The number of benzene rings is 2. The number of anilines is 2. The van der Waals surface area contributed by atoms with E-state index in [-0.39, 0.29) is 10.2 Å². The summed E-state index contributed by atoms with van der Waals surface area (Å²) < 4.78 is 50.8. The van der Waals surface area contributed by atoms with Crippen LogP contribution in [0.2, 0.25) is 5.02 Å². The average molecular weight is 455 g/mol.